The van der Waals surface area contributed by atoms with E-state index in [0.717, 1.165) is 17.3 Å². The predicted octanol–water partition coefficient (Wildman–Crippen LogP) is 5.22. The van der Waals surface area contributed by atoms with Crippen LogP contribution in [0.25, 0.3) is 0 Å². The van der Waals surface area contributed by atoms with E-state index in [1.165, 1.54) is 0 Å². The molecule has 0 unspecified atom stereocenters. The first-order valence-corrected chi connectivity index (χ1v) is 10.1. The van der Waals surface area contributed by atoms with Crippen LogP contribution in [0.1, 0.15) is 29.2 Å². The van der Waals surface area contributed by atoms with E-state index in [1.807, 2.05) is 24.3 Å². The summed E-state index contributed by atoms with van der Waals surface area (Å²) in [5.74, 6) is 1.21. The van der Waals surface area contributed by atoms with Crippen LogP contribution in [-0.2, 0) is 11.4 Å². The van der Waals surface area contributed by atoms with Crippen LogP contribution in [0.2, 0.25) is 0 Å². The summed E-state index contributed by atoms with van der Waals surface area (Å²) in [6.07, 6.45) is 1.88. The van der Waals surface area contributed by atoms with Gasteiger partial charge < -0.3 is 19.8 Å². The monoisotopic (exact) mass is 454 g/mol. The average Bonchev–Trinajstić information content (AvgIpc) is 3.46. The SMILES string of the molecule is O=C(Nc1cccc(NC(=O)C2CC2)c1)c1ccc(COc2ccc(Br)cc2)o1. The number of carbonyl (C=O) groups excluding carboxylic acids is 2. The molecule has 0 spiro atoms. The number of nitrogens with one attached hydrogen (secondary N) is 2. The molecule has 6 nitrogen and oxygen atoms in total. The van der Waals surface area contributed by atoms with Gasteiger partial charge in [0.1, 0.15) is 18.1 Å². The van der Waals surface area contributed by atoms with Gasteiger partial charge in [0, 0.05) is 21.8 Å². The number of hydrogen-bond acceptors (Lipinski definition) is 4. The number of benzene rings is 2. The molecule has 1 fully saturated rings. The Morgan fingerprint density at radius 3 is 2.45 bits per heavy atom. The number of rotatable bonds is 7. The van der Waals surface area contributed by atoms with Crippen LogP contribution in [0.5, 0.6) is 5.75 Å². The van der Waals surface area contributed by atoms with E-state index in [9.17, 15) is 9.59 Å². The molecule has 1 heterocycles. The Labute approximate surface area is 176 Å². The summed E-state index contributed by atoms with van der Waals surface area (Å²) in [6, 6.07) is 17.8. The number of anilines is 2. The maximum Gasteiger partial charge on any atom is 0.291 e. The summed E-state index contributed by atoms with van der Waals surface area (Å²) >= 11 is 3.37. The zero-order chi connectivity index (χ0) is 20.2. The van der Waals surface area contributed by atoms with Crippen LogP contribution >= 0.6 is 15.9 Å². The van der Waals surface area contributed by atoms with Gasteiger partial charge in [-0.1, -0.05) is 22.0 Å². The summed E-state index contributed by atoms with van der Waals surface area (Å²) in [4.78, 5) is 24.3. The molecule has 2 N–H and O–H groups in total. The van der Waals surface area contributed by atoms with E-state index >= 15 is 0 Å². The standard InChI is InChI=1S/C22H19BrN2O4/c23-15-6-8-18(9-7-15)28-13-19-10-11-20(29-19)22(27)25-17-3-1-2-16(12-17)24-21(26)14-4-5-14/h1-3,6-12,14H,4-5,13H2,(H,24,26)(H,25,27). The summed E-state index contributed by atoms with van der Waals surface area (Å²) < 4.78 is 12.2. The minimum Gasteiger partial charge on any atom is -0.486 e. The van der Waals surface area contributed by atoms with Gasteiger partial charge in [-0.15, -0.1) is 0 Å². The predicted molar refractivity (Wildman–Crippen MR) is 113 cm³/mol. The molecular formula is C22H19BrN2O4. The molecular weight excluding hydrogens is 436 g/mol. The van der Waals surface area contributed by atoms with Crippen LogP contribution in [0.4, 0.5) is 11.4 Å². The number of carbonyl (C=O) groups is 2. The fraction of sp³-hybridized carbons (Fsp3) is 0.182. The Hall–Kier alpha value is -3.06. The molecule has 1 aliphatic carbocycles. The third-order valence-corrected chi connectivity index (χ3v) is 4.94. The topological polar surface area (TPSA) is 80.6 Å². The van der Waals surface area contributed by atoms with Crippen molar-refractivity contribution in [2.45, 2.75) is 19.4 Å². The van der Waals surface area contributed by atoms with Crippen LogP contribution < -0.4 is 15.4 Å². The normalized spacial score (nSPS) is 13.0. The lowest BCUT2D eigenvalue weighted by molar-refractivity contribution is -0.117. The second-order valence-electron chi connectivity index (χ2n) is 6.81. The van der Waals surface area contributed by atoms with Crippen LogP contribution in [0.15, 0.2) is 69.6 Å². The number of hydrogen-bond donors (Lipinski definition) is 2. The van der Waals surface area contributed by atoms with Crippen molar-refractivity contribution in [1.82, 2.24) is 0 Å². The maximum absolute atomic E-state index is 12.5. The van der Waals surface area contributed by atoms with Gasteiger partial charge in [-0.25, -0.2) is 0 Å². The summed E-state index contributed by atoms with van der Waals surface area (Å²) in [5.41, 5.74) is 1.23. The molecule has 29 heavy (non-hydrogen) atoms. The van der Waals surface area contributed by atoms with Gasteiger partial charge >= 0.3 is 0 Å². The van der Waals surface area contributed by atoms with Gasteiger partial charge in [-0.2, -0.15) is 0 Å². The Balaban J connectivity index is 1.34. The highest BCUT2D eigenvalue weighted by Crippen LogP contribution is 2.30. The Kier molecular flexibility index (Phi) is 5.67. The second-order valence-corrected chi connectivity index (χ2v) is 7.72. The average molecular weight is 455 g/mol. The molecule has 2 amide bonds. The molecule has 4 rings (SSSR count). The van der Waals surface area contributed by atoms with Crippen molar-refractivity contribution in [3.63, 3.8) is 0 Å². The van der Waals surface area contributed by atoms with Gasteiger partial charge in [0.25, 0.3) is 5.91 Å². The minimum atomic E-state index is -0.370. The molecule has 0 atom stereocenters. The summed E-state index contributed by atoms with van der Waals surface area (Å²) in [6.45, 7) is 0.220. The Bertz CT molecular complexity index is 1030. The van der Waals surface area contributed by atoms with Crippen molar-refractivity contribution in [3.05, 3.63) is 76.7 Å². The Morgan fingerprint density at radius 2 is 1.72 bits per heavy atom. The van der Waals surface area contributed by atoms with Crippen molar-refractivity contribution in [2.75, 3.05) is 10.6 Å². The number of furan rings is 1. The molecule has 3 aromatic rings. The van der Waals surface area contributed by atoms with E-state index in [-0.39, 0.29) is 30.1 Å². The fourth-order valence-electron chi connectivity index (χ4n) is 2.72. The summed E-state index contributed by atoms with van der Waals surface area (Å²) in [5, 5.41) is 5.64. The van der Waals surface area contributed by atoms with E-state index < -0.39 is 0 Å². The van der Waals surface area contributed by atoms with E-state index in [1.54, 1.807) is 36.4 Å². The third-order valence-electron chi connectivity index (χ3n) is 4.42. The van der Waals surface area contributed by atoms with Crippen LogP contribution in [0.3, 0.4) is 0 Å². The molecule has 1 saturated carbocycles. The second kappa shape index (κ2) is 8.53. The Morgan fingerprint density at radius 1 is 1.00 bits per heavy atom. The first-order chi connectivity index (χ1) is 14.1. The van der Waals surface area contributed by atoms with E-state index in [0.29, 0.717) is 22.9 Å². The van der Waals surface area contributed by atoms with Crippen molar-refractivity contribution >= 4 is 39.1 Å². The quantitative estimate of drug-likeness (QED) is 0.512. The molecule has 0 bridgehead atoms. The van der Waals surface area contributed by atoms with Gasteiger partial charge in [0.15, 0.2) is 5.76 Å². The molecule has 1 aromatic heterocycles. The van der Waals surface area contributed by atoms with Crippen LogP contribution in [-0.4, -0.2) is 11.8 Å². The lowest BCUT2D eigenvalue weighted by atomic mass is 10.2. The van der Waals surface area contributed by atoms with Crippen molar-refractivity contribution < 1.29 is 18.7 Å². The van der Waals surface area contributed by atoms with Crippen molar-refractivity contribution in [3.8, 4) is 5.75 Å². The molecule has 0 saturated heterocycles. The van der Waals surface area contributed by atoms with Crippen LogP contribution in [0, 0.1) is 5.92 Å². The highest BCUT2D eigenvalue weighted by molar-refractivity contribution is 9.10. The molecule has 1 aliphatic rings. The fourth-order valence-corrected chi connectivity index (χ4v) is 2.98. The minimum absolute atomic E-state index is 0.0231. The molecule has 148 valence electrons. The molecule has 2 aromatic carbocycles. The van der Waals surface area contributed by atoms with Gasteiger partial charge in [0.05, 0.1) is 0 Å². The maximum atomic E-state index is 12.5. The zero-order valence-electron chi connectivity index (χ0n) is 15.5. The lowest BCUT2D eigenvalue weighted by Gasteiger charge is -2.08. The third kappa shape index (κ3) is 5.26. The van der Waals surface area contributed by atoms with Crippen molar-refractivity contribution in [1.29, 1.82) is 0 Å². The van der Waals surface area contributed by atoms with E-state index in [4.69, 9.17) is 9.15 Å². The molecule has 0 aliphatic heterocycles. The lowest BCUT2D eigenvalue weighted by Crippen LogP contribution is -2.14. The van der Waals surface area contributed by atoms with Gasteiger partial charge in [-0.3, -0.25) is 9.59 Å². The number of amides is 2. The highest BCUT2D eigenvalue weighted by Gasteiger charge is 2.29. The molecule has 0 radical (unpaired) electrons. The molecule has 7 heteroatoms. The number of ether oxygens (including phenoxy) is 1. The van der Waals surface area contributed by atoms with Gasteiger partial charge in [0.2, 0.25) is 5.91 Å². The smallest absolute Gasteiger partial charge is 0.291 e. The largest absolute Gasteiger partial charge is 0.486 e. The summed E-state index contributed by atoms with van der Waals surface area (Å²) in [7, 11) is 0. The first-order valence-electron chi connectivity index (χ1n) is 9.26. The van der Waals surface area contributed by atoms with Crippen molar-refractivity contribution in [2.24, 2.45) is 5.92 Å². The number of halogens is 1. The first kappa shape index (κ1) is 19.3. The zero-order valence-corrected chi connectivity index (χ0v) is 17.1. The van der Waals surface area contributed by atoms with E-state index in [2.05, 4.69) is 26.6 Å². The van der Waals surface area contributed by atoms with Gasteiger partial charge in [-0.05, 0) is 67.4 Å². The highest BCUT2D eigenvalue weighted by atomic mass is 79.9.